The molecule has 1 aromatic heterocycles. The van der Waals surface area contributed by atoms with E-state index in [2.05, 4.69) is 17.0 Å². The minimum Gasteiger partial charge on any atom is -0.478 e. The predicted octanol–water partition coefficient (Wildman–Crippen LogP) is 4.80. The molecule has 0 radical (unpaired) electrons. The molecule has 0 spiro atoms. The monoisotopic (exact) mass is 397 g/mol. The number of amides is 1. The van der Waals surface area contributed by atoms with Gasteiger partial charge in [-0.25, -0.2) is 9.48 Å². The molecule has 1 amide bonds. The van der Waals surface area contributed by atoms with Crippen LogP contribution in [0.25, 0.3) is 5.69 Å². The standard InChI is InChI=1S/C21H20ClN3O3/c1-2-3-12-27-20-14-17(15-23-25(20)18-9-5-4-6-10-18)24-21(26)28-19-11-7-8-16(22)13-19/h4-11,13-15H,2-3,12H2,1H3/b24-17+. The Morgan fingerprint density at radius 1 is 1.14 bits per heavy atom. The smallest absolute Gasteiger partial charge is 0.439 e. The van der Waals surface area contributed by atoms with E-state index in [4.69, 9.17) is 21.1 Å². The molecule has 0 bridgehead atoms. The van der Waals surface area contributed by atoms with Crippen molar-refractivity contribution in [3.8, 4) is 17.3 Å². The van der Waals surface area contributed by atoms with Gasteiger partial charge in [-0.2, -0.15) is 10.1 Å². The Labute approximate surface area is 168 Å². The first kappa shape index (κ1) is 19.6. The number of hydrogen-bond acceptors (Lipinski definition) is 4. The van der Waals surface area contributed by atoms with Gasteiger partial charge in [0.2, 0.25) is 5.88 Å². The number of carbonyl (C=O) groups excluding carboxylic acids is 1. The Kier molecular flexibility index (Phi) is 6.81. The summed E-state index contributed by atoms with van der Waals surface area (Å²) < 4.78 is 12.7. The highest BCUT2D eigenvalue weighted by molar-refractivity contribution is 6.30. The summed E-state index contributed by atoms with van der Waals surface area (Å²) in [6.07, 6.45) is 2.64. The van der Waals surface area contributed by atoms with Crippen LogP contribution in [0.2, 0.25) is 5.02 Å². The molecule has 0 aliphatic carbocycles. The van der Waals surface area contributed by atoms with Crippen LogP contribution in [0.4, 0.5) is 4.79 Å². The Hall–Kier alpha value is -3.12. The van der Waals surface area contributed by atoms with E-state index in [-0.39, 0.29) is 0 Å². The van der Waals surface area contributed by atoms with Crippen LogP contribution < -0.4 is 14.8 Å². The van der Waals surface area contributed by atoms with Crippen LogP contribution in [-0.4, -0.2) is 22.5 Å². The Morgan fingerprint density at radius 3 is 2.71 bits per heavy atom. The molecule has 3 rings (SSSR count). The van der Waals surface area contributed by atoms with Gasteiger partial charge in [0.1, 0.15) is 5.75 Å². The lowest BCUT2D eigenvalue weighted by Crippen LogP contribution is -2.16. The van der Waals surface area contributed by atoms with Gasteiger partial charge in [0, 0.05) is 11.1 Å². The fraction of sp³-hybridized carbons (Fsp3) is 0.190. The summed E-state index contributed by atoms with van der Waals surface area (Å²) in [6, 6.07) is 17.8. The summed E-state index contributed by atoms with van der Waals surface area (Å²) in [5.74, 6) is 0.820. The van der Waals surface area contributed by atoms with Crippen LogP contribution in [0, 0.1) is 0 Å². The molecule has 0 aliphatic rings. The quantitative estimate of drug-likeness (QED) is 0.560. The lowest BCUT2D eigenvalue weighted by atomic mass is 10.3. The lowest BCUT2D eigenvalue weighted by Gasteiger charge is -2.13. The fourth-order valence-corrected chi connectivity index (χ4v) is 2.59. The first-order valence-corrected chi connectivity index (χ1v) is 9.33. The van der Waals surface area contributed by atoms with Gasteiger partial charge in [0.15, 0.2) is 0 Å². The molecule has 0 atom stereocenters. The maximum absolute atomic E-state index is 12.1. The normalized spacial score (nSPS) is 11.3. The van der Waals surface area contributed by atoms with E-state index in [0.29, 0.717) is 28.6 Å². The lowest BCUT2D eigenvalue weighted by molar-refractivity contribution is 0.210. The number of hydrogen-bond donors (Lipinski definition) is 0. The molecule has 6 nitrogen and oxygen atoms in total. The van der Waals surface area contributed by atoms with Crippen LogP contribution >= 0.6 is 11.6 Å². The van der Waals surface area contributed by atoms with Crippen LogP contribution in [0.1, 0.15) is 19.8 Å². The molecule has 0 saturated heterocycles. The maximum atomic E-state index is 12.1. The number of carbonyl (C=O) groups is 1. The average Bonchev–Trinajstić information content (AvgIpc) is 2.69. The molecule has 0 aliphatic heterocycles. The Morgan fingerprint density at radius 2 is 1.96 bits per heavy atom. The SMILES string of the molecule is CCCCOc1c/c(=N\C(=O)Oc2cccc(Cl)c2)cnn1-c1ccccc1. The van der Waals surface area contributed by atoms with E-state index in [0.717, 1.165) is 18.5 Å². The number of unbranched alkanes of at least 4 members (excludes halogenated alkanes) is 1. The molecular formula is C21H20ClN3O3. The third kappa shape index (κ3) is 5.44. The zero-order valence-electron chi connectivity index (χ0n) is 15.4. The number of nitrogens with zero attached hydrogens (tertiary/aromatic N) is 3. The zero-order chi connectivity index (χ0) is 19.8. The molecule has 2 aromatic carbocycles. The fourth-order valence-electron chi connectivity index (χ4n) is 2.41. The zero-order valence-corrected chi connectivity index (χ0v) is 16.2. The summed E-state index contributed by atoms with van der Waals surface area (Å²) in [6.45, 7) is 2.63. The van der Waals surface area contributed by atoms with Crippen molar-refractivity contribution in [1.82, 2.24) is 9.78 Å². The first-order chi connectivity index (χ1) is 13.7. The van der Waals surface area contributed by atoms with Crippen molar-refractivity contribution in [2.24, 2.45) is 4.99 Å². The Balaban J connectivity index is 1.87. The van der Waals surface area contributed by atoms with Gasteiger partial charge >= 0.3 is 6.09 Å². The van der Waals surface area contributed by atoms with E-state index in [1.807, 2.05) is 30.3 Å². The van der Waals surface area contributed by atoms with Gasteiger partial charge in [-0.3, -0.25) is 0 Å². The minimum absolute atomic E-state index is 0.323. The highest BCUT2D eigenvalue weighted by Crippen LogP contribution is 2.18. The van der Waals surface area contributed by atoms with Crippen LogP contribution in [-0.2, 0) is 0 Å². The maximum Gasteiger partial charge on any atom is 0.439 e. The van der Waals surface area contributed by atoms with Gasteiger partial charge in [-0.1, -0.05) is 49.2 Å². The summed E-state index contributed by atoms with van der Waals surface area (Å²) >= 11 is 5.89. The highest BCUT2D eigenvalue weighted by Gasteiger charge is 2.07. The second kappa shape index (κ2) is 9.71. The summed E-state index contributed by atoms with van der Waals surface area (Å²) in [7, 11) is 0. The molecule has 3 aromatic rings. The predicted molar refractivity (Wildman–Crippen MR) is 107 cm³/mol. The molecule has 0 unspecified atom stereocenters. The number of para-hydroxylation sites is 1. The topological polar surface area (TPSA) is 65.7 Å². The van der Waals surface area contributed by atoms with Crippen molar-refractivity contribution < 1.29 is 14.3 Å². The van der Waals surface area contributed by atoms with Crippen molar-refractivity contribution in [2.75, 3.05) is 6.61 Å². The largest absolute Gasteiger partial charge is 0.478 e. The van der Waals surface area contributed by atoms with Gasteiger partial charge in [-0.05, 0) is 36.8 Å². The molecule has 0 N–H and O–H groups in total. The van der Waals surface area contributed by atoms with E-state index in [9.17, 15) is 4.79 Å². The second-order valence-corrected chi connectivity index (χ2v) is 6.37. The van der Waals surface area contributed by atoms with Crippen molar-refractivity contribution >= 4 is 17.7 Å². The van der Waals surface area contributed by atoms with Crippen LogP contribution in [0.3, 0.4) is 0 Å². The third-order valence-electron chi connectivity index (χ3n) is 3.76. The van der Waals surface area contributed by atoms with Crippen molar-refractivity contribution in [3.63, 3.8) is 0 Å². The summed E-state index contributed by atoms with van der Waals surface area (Å²) in [5.41, 5.74) is 0.849. The minimum atomic E-state index is -0.763. The average molecular weight is 398 g/mol. The number of rotatable bonds is 6. The molecule has 0 fully saturated rings. The highest BCUT2D eigenvalue weighted by atomic mass is 35.5. The molecule has 144 valence electrons. The number of benzene rings is 2. The van der Waals surface area contributed by atoms with Gasteiger partial charge in [0.25, 0.3) is 0 Å². The summed E-state index contributed by atoms with van der Waals surface area (Å²) in [4.78, 5) is 16.1. The second-order valence-electron chi connectivity index (χ2n) is 5.94. The van der Waals surface area contributed by atoms with E-state index in [1.54, 1.807) is 35.0 Å². The van der Waals surface area contributed by atoms with E-state index in [1.165, 1.54) is 6.20 Å². The van der Waals surface area contributed by atoms with Gasteiger partial charge in [0.05, 0.1) is 23.8 Å². The molecule has 1 heterocycles. The Bertz CT molecular complexity index is 1000. The molecule has 7 heteroatoms. The number of ether oxygens (including phenoxy) is 2. The number of aromatic nitrogens is 2. The van der Waals surface area contributed by atoms with Crippen LogP contribution in [0.15, 0.2) is 71.9 Å². The first-order valence-electron chi connectivity index (χ1n) is 8.95. The van der Waals surface area contributed by atoms with Crippen molar-refractivity contribution in [3.05, 3.63) is 77.2 Å². The summed E-state index contributed by atoms with van der Waals surface area (Å²) in [5, 5.41) is 5.18. The van der Waals surface area contributed by atoms with E-state index >= 15 is 0 Å². The third-order valence-corrected chi connectivity index (χ3v) is 3.99. The molecule has 28 heavy (non-hydrogen) atoms. The van der Waals surface area contributed by atoms with Crippen molar-refractivity contribution in [1.29, 1.82) is 0 Å². The molecule has 0 saturated carbocycles. The van der Waals surface area contributed by atoms with Gasteiger partial charge in [-0.15, -0.1) is 0 Å². The van der Waals surface area contributed by atoms with Crippen LogP contribution in [0.5, 0.6) is 11.6 Å². The molecular weight excluding hydrogens is 378 g/mol. The number of halogens is 1. The van der Waals surface area contributed by atoms with E-state index < -0.39 is 6.09 Å². The van der Waals surface area contributed by atoms with Crippen molar-refractivity contribution in [2.45, 2.75) is 19.8 Å². The van der Waals surface area contributed by atoms with Gasteiger partial charge < -0.3 is 9.47 Å².